The van der Waals surface area contributed by atoms with E-state index < -0.39 is 0 Å². The van der Waals surface area contributed by atoms with Gasteiger partial charge >= 0.3 is 0 Å². The molecule has 6 heteroatoms. The normalized spacial score (nSPS) is 12.2. The largest absolute Gasteiger partial charge is 0.338 e. The lowest BCUT2D eigenvalue weighted by molar-refractivity contribution is -0.116. The van der Waals surface area contributed by atoms with Crippen molar-refractivity contribution >= 4 is 22.6 Å². The zero-order chi connectivity index (χ0) is 17.9. The number of benzene rings is 2. The molecule has 2 aromatic carbocycles. The van der Waals surface area contributed by atoms with E-state index in [1.54, 1.807) is 10.9 Å². The van der Waals surface area contributed by atoms with Crippen LogP contribution < -0.4 is 5.32 Å². The van der Waals surface area contributed by atoms with Gasteiger partial charge < -0.3 is 10.3 Å². The molecule has 0 saturated carbocycles. The summed E-state index contributed by atoms with van der Waals surface area (Å²) < 4.78 is 1.78. The van der Waals surface area contributed by atoms with E-state index in [4.69, 9.17) is 0 Å². The number of imidazole rings is 1. The lowest BCUT2D eigenvalue weighted by Gasteiger charge is -2.12. The second-order valence-electron chi connectivity index (χ2n) is 6.27. The minimum absolute atomic E-state index is 0.0137. The maximum absolute atomic E-state index is 12.2. The second kappa shape index (κ2) is 6.84. The highest BCUT2D eigenvalue weighted by Crippen LogP contribution is 2.22. The number of rotatable bonds is 5. The Balaban J connectivity index is 1.43. The Kier molecular flexibility index (Phi) is 4.23. The number of aromatic nitrogens is 4. The molecule has 0 aliphatic carbocycles. The van der Waals surface area contributed by atoms with Crippen molar-refractivity contribution in [2.75, 3.05) is 5.32 Å². The molecule has 0 fully saturated rings. The highest BCUT2D eigenvalue weighted by Gasteiger charge is 2.11. The molecule has 0 radical (unpaired) electrons. The number of H-pyrrole nitrogens is 1. The molecule has 26 heavy (non-hydrogen) atoms. The third-order valence-electron chi connectivity index (χ3n) is 4.29. The summed E-state index contributed by atoms with van der Waals surface area (Å²) in [7, 11) is 0. The minimum Gasteiger partial charge on any atom is -0.338 e. The first-order valence-corrected chi connectivity index (χ1v) is 8.53. The quantitative estimate of drug-likeness (QED) is 0.574. The Morgan fingerprint density at radius 3 is 2.69 bits per heavy atom. The molecule has 2 heterocycles. The van der Waals surface area contributed by atoms with Crippen molar-refractivity contribution in [3.8, 4) is 11.4 Å². The van der Waals surface area contributed by atoms with Crippen molar-refractivity contribution < 1.29 is 4.79 Å². The molecule has 0 aliphatic heterocycles. The van der Waals surface area contributed by atoms with E-state index in [0.717, 1.165) is 28.1 Å². The highest BCUT2D eigenvalue weighted by atomic mass is 16.1. The van der Waals surface area contributed by atoms with Crippen LogP contribution in [0, 0.1) is 0 Å². The van der Waals surface area contributed by atoms with Crippen LogP contribution in [0.25, 0.3) is 22.4 Å². The van der Waals surface area contributed by atoms with Crippen molar-refractivity contribution in [1.29, 1.82) is 0 Å². The molecular weight excluding hydrogens is 326 g/mol. The molecule has 4 aromatic rings. The van der Waals surface area contributed by atoms with Gasteiger partial charge in [-0.25, -0.2) is 4.98 Å². The van der Waals surface area contributed by atoms with Crippen LogP contribution in [0.1, 0.15) is 19.4 Å². The topological polar surface area (TPSA) is 75.6 Å². The Labute approximate surface area is 150 Å². The number of carbonyl (C=O) groups excluding carboxylic acids is 1. The standard InChI is InChI=1S/C20H19N5O/c1-14(25-12-4-11-21-25)13-19(26)22-16-9-7-15(8-10-16)20-23-17-5-2-3-6-18(17)24-20/h2-12,14H,13H2,1H3,(H,22,26)(H,23,24). The second-order valence-corrected chi connectivity index (χ2v) is 6.27. The number of amides is 1. The van der Waals surface area contributed by atoms with Gasteiger partial charge in [-0.1, -0.05) is 12.1 Å². The van der Waals surface area contributed by atoms with Crippen molar-refractivity contribution in [2.45, 2.75) is 19.4 Å². The first-order valence-electron chi connectivity index (χ1n) is 8.53. The van der Waals surface area contributed by atoms with E-state index in [1.165, 1.54) is 0 Å². The summed E-state index contributed by atoms with van der Waals surface area (Å²) in [6.45, 7) is 1.97. The van der Waals surface area contributed by atoms with E-state index >= 15 is 0 Å². The summed E-state index contributed by atoms with van der Waals surface area (Å²) in [5, 5.41) is 7.09. The molecule has 4 rings (SSSR count). The molecule has 0 spiro atoms. The fourth-order valence-corrected chi connectivity index (χ4v) is 2.92. The summed E-state index contributed by atoms with van der Waals surface area (Å²) in [6.07, 6.45) is 3.94. The molecule has 1 unspecified atom stereocenters. The van der Waals surface area contributed by atoms with Gasteiger partial charge in [0.05, 0.1) is 17.1 Å². The first-order chi connectivity index (χ1) is 12.7. The van der Waals surface area contributed by atoms with Crippen LogP contribution in [0.3, 0.4) is 0 Å². The summed E-state index contributed by atoms with van der Waals surface area (Å²) in [5.74, 6) is 0.779. The van der Waals surface area contributed by atoms with Crippen molar-refractivity contribution in [3.63, 3.8) is 0 Å². The smallest absolute Gasteiger partial charge is 0.226 e. The van der Waals surface area contributed by atoms with Gasteiger partial charge in [0.25, 0.3) is 0 Å². The lowest BCUT2D eigenvalue weighted by atomic mass is 10.2. The summed E-state index contributed by atoms with van der Waals surface area (Å²) in [6, 6.07) is 17.5. The molecule has 0 bridgehead atoms. The molecular formula is C20H19N5O. The summed E-state index contributed by atoms with van der Waals surface area (Å²) in [4.78, 5) is 20.1. The van der Waals surface area contributed by atoms with Crippen LogP contribution in [0.2, 0.25) is 0 Å². The third kappa shape index (κ3) is 3.35. The monoisotopic (exact) mass is 345 g/mol. The van der Waals surface area contributed by atoms with Gasteiger partial charge in [-0.2, -0.15) is 5.10 Å². The van der Waals surface area contributed by atoms with E-state index in [9.17, 15) is 4.79 Å². The molecule has 6 nitrogen and oxygen atoms in total. The van der Waals surface area contributed by atoms with Crippen LogP contribution in [-0.2, 0) is 4.79 Å². The average Bonchev–Trinajstić information content (AvgIpc) is 3.32. The molecule has 1 amide bonds. The number of fused-ring (bicyclic) bond motifs is 1. The number of carbonyl (C=O) groups is 1. The zero-order valence-electron chi connectivity index (χ0n) is 14.4. The SMILES string of the molecule is CC(CC(=O)Nc1ccc(-c2nc3ccccc3[nH]2)cc1)n1cccn1. The van der Waals surface area contributed by atoms with Crippen LogP contribution in [0.15, 0.2) is 67.0 Å². The van der Waals surface area contributed by atoms with Gasteiger partial charge in [-0.15, -0.1) is 0 Å². The highest BCUT2D eigenvalue weighted by molar-refractivity contribution is 5.91. The molecule has 0 saturated heterocycles. The van der Waals surface area contributed by atoms with Crippen molar-refractivity contribution in [1.82, 2.24) is 19.7 Å². The maximum Gasteiger partial charge on any atom is 0.226 e. The lowest BCUT2D eigenvalue weighted by Crippen LogP contribution is -2.17. The van der Waals surface area contributed by atoms with Gasteiger partial charge in [0.2, 0.25) is 5.91 Å². The first kappa shape index (κ1) is 16.1. The van der Waals surface area contributed by atoms with E-state index in [0.29, 0.717) is 6.42 Å². The Bertz CT molecular complexity index is 985. The number of nitrogens with one attached hydrogen (secondary N) is 2. The van der Waals surface area contributed by atoms with Crippen molar-refractivity contribution in [3.05, 3.63) is 67.0 Å². The number of aromatic amines is 1. The van der Waals surface area contributed by atoms with Gasteiger partial charge in [0, 0.05) is 30.1 Å². The predicted octanol–water partition coefficient (Wildman–Crippen LogP) is 4.02. The van der Waals surface area contributed by atoms with Crippen molar-refractivity contribution in [2.24, 2.45) is 0 Å². The molecule has 0 aliphatic rings. The maximum atomic E-state index is 12.2. The average molecular weight is 345 g/mol. The Hall–Kier alpha value is -3.41. The number of para-hydroxylation sites is 2. The molecule has 130 valence electrons. The summed E-state index contributed by atoms with van der Waals surface area (Å²) >= 11 is 0. The third-order valence-corrected chi connectivity index (χ3v) is 4.29. The Morgan fingerprint density at radius 1 is 1.15 bits per heavy atom. The van der Waals surface area contributed by atoms with Gasteiger partial charge in [-0.05, 0) is 49.4 Å². The van der Waals surface area contributed by atoms with Gasteiger partial charge in [-0.3, -0.25) is 9.48 Å². The minimum atomic E-state index is -0.0375. The van der Waals surface area contributed by atoms with E-state index in [-0.39, 0.29) is 11.9 Å². The summed E-state index contributed by atoms with van der Waals surface area (Å²) in [5.41, 5.74) is 3.69. The Morgan fingerprint density at radius 2 is 1.96 bits per heavy atom. The van der Waals surface area contributed by atoms with Crippen LogP contribution in [0.4, 0.5) is 5.69 Å². The number of hydrogen-bond donors (Lipinski definition) is 2. The van der Waals surface area contributed by atoms with Crippen LogP contribution >= 0.6 is 0 Å². The number of anilines is 1. The fourth-order valence-electron chi connectivity index (χ4n) is 2.92. The van der Waals surface area contributed by atoms with Crippen LogP contribution in [-0.4, -0.2) is 25.7 Å². The zero-order valence-corrected chi connectivity index (χ0v) is 14.4. The van der Waals surface area contributed by atoms with Crippen LogP contribution in [0.5, 0.6) is 0 Å². The van der Waals surface area contributed by atoms with E-state index in [2.05, 4.69) is 20.4 Å². The molecule has 2 N–H and O–H groups in total. The number of hydrogen-bond acceptors (Lipinski definition) is 3. The van der Waals surface area contributed by atoms with Gasteiger partial charge in [0.1, 0.15) is 5.82 Å². The van der Waals surface area contributed by atoms with Gasteiger partial charge in [0.15, 0.2) is 0 Å². The van der Waals surface area contributed by atoms with E-state index in [1.807, 2.05) is 67.7 Å². The molecule has 1 atom stereocenters. The predicted molar refractivity (Wildman–Crippen MR) is 102 cm³/mol. The molecule has 2 aromatic heterocycles. The fraction of sp³-hybridized carbons (Fsp3) is 0.150. The number of nitrogens with zero attached hydrogens (tertiary/aromatic N) is 3.